The fourth-order valence-corrected chi connectivity index (χ4v) is 2.92. The second-order valence-corrected chi connectivity index (χ2v) is 6.34. The lowest BCUT2D eigenvalue weighted by Gasteiger charge is -2.41. The number of aliphatic imine (C=N–C) groups is 1. The Balaban J connectivity index is 1.44. The van der Waals surface area contributed by atoms with Gasteiger partial charge in [-0.2, -0.15) is 0 Å². The molecule has 1 aromatic carbocycles. The zero-order valence-corrected chi connectivity index (χ0v) is 13.9. The van der Waals surface area contributed by atoms with E-state index >= 15 is 0 Å². The molecule has 0 spiro atoms. The number of aliphatic hydroxyl groups excluding tert-OH is 1. The number of nitrogens with zero attached hydrogens (tertiary/aromatic N) is 2. The monoisotopic (exact) mass is 330 g/mol. The van der Waals surface area contributed by atoms with Crippen LogP contribution in [0, 0.1) is 11.7 Å². The van der Waals surface area contributed by atoms with E-state index in [0.29, 0.717) is 30.4 Å². The van der Waals surface area contributed by atoms with Crippen LogP contribution in [0.5, 0.6) is 0 Å². The molecule has 0 saturated carbocycles. The van der Waals surface area contributed by atoms with Crippen LogP contribution in [0.15, 0.2) is 46.6 Å². The molecule has 2 aliphatic rings. The smallest absolute Gasteiger partial charge is 0.151 e. The summed E-state index contributed by atoms with van der Waals surface area (Å²) in [5.41, 5.74) is 3.14. The first-order valence-electron chi connectivity index (χ1n) is 8.27. The molecule has 5 heteroatoms. The maximum Gasteiger partial charge on any atom is 0.151 e. The third-order valence-electron chi connectivity index (χ3n) is 4.38. The molecule has 0 amide bonds. The molecule has 2 heterocycles. The predicted molar refractivity (Wildman–Crippen MR) is 93.8 cm³/mol. The molecule has 1 saturated heterocycles. The quantitative estimate of drug-likeness (QED) is 0.872. The van der Waals surface area contributed by atoms with Crippen LogP contribution < -0.4 is 4.90 Å². The highest BCUT2D eigenvalue weighted by Gasteiger charge is 2.29. The van der Waals surface area contributed by atoms with Crippen molar-refractivity contribution in [1.29, 1.82) is 0 Å². The second-order valence-electron chi connectivity index (χ2n) is 6.34. The van der Waals surface area contributed by atoms with Gasteiger partial charge in [0, 0.05) is 42.9 Å². The van der Waals surface area contributed by atoms with Crippen LogP contribution in [-0.4, -0.2) is 37.6 Å². The Labute approximate surface area is 142 Å². The number of hydrogen-bond donors (Lipinski definition) is 1. The van der Waals surface area contributed by atoms with Crippen LogP contribution in [0.3, 0.4) is 0 Å². The third kappa shape index (κ3) is 3.91. The number of halogens is 1. The van der Waals surface area contributed by atoms with E-state index in [2.05, 4.69) is 11.1 Å². The molecular weight excluding hydrogens is 307 g/mol. The Kier molecular flexibility index (Phi) is 5.43. The van der Waals surface area contributed by atoms with Gasteiger partial charge in [0.1, 0.15) is 0 Å². The van der Waals surface area contributed by atoms with E-state index in [1.54, 1.807) is 18.2 Å². The Bertz CT molecular complexity index is 676. The lowest BCUT2D eigenvalue weighted by atomic mass is 9.99. The van der Waals surface area contributed by atoms with E-state index < -0.39 is 0 Å². The first kappa shape index (κ1) is 16.9. The molecule has 24 heavy (non-hydrogen) atoms. The van der Waals surface area contributed by atoms with Gasteiger partial charge in [0.15, 0.2) is 5.82 Å². The summed E-state index contributed by atoms with van der Waals surface area (Å²) in [6.07, 6.45) is 6.81. The van der Waals surface area contributed by atoms with Crippen molar-refractivity contribution < 1.29 is 14.2 Å². The Morgan fingerprint density at radius 1 is 1.33 bits per heavy atom. The molecule has 0 radical (unpaired) electrons. The van der Waals surface area contributed by atoms with Gasteiger partial charge >= 0.3 is 0 Å². The highest BCUT2D eigenvalue weighted by atomic mass is 19.1. The average molecular weight is 330 g/mol. The number of anilines is 1. The summed E-state index contributed by atoms with van der Waals surface area (Å²) in [7, 11) is 0. The van der Waals surface area contributed by atoms with Crippen LogP contribution in [-0.2, 0) is 11.3 Å². The van der Waals surface area contributed by atoms with E-state index in [9.17, 15) is 4.39 Å². The van der Waals surface area contributed by atoms with Gasteiger partial charge in [0.2, 0.25) is 0 Å². The lowest BCUT2D eigenvalue weighted by Crippen LogP contribution is -2.49. The number of aliphatic hydroxyl groups is 1. The van der Waals surface area contributed by atoms with Gasteiger partial charge in [0.25, 0.3) is 0 Å². The van der Waals surface area contributed by atoms with Crippen LogP contribution in [0.2, 0.25) is 0 Å². The van der Waals surface area contributed by atoms with Crippen LogP contribution in [0.4, 0.5) is 10.1 Å². The van der Waals surface area contributed by atoms with E-state index in [4.69, 9.17) is 9.84 Å². The molecule has 0 aliphatic carbocycles. The van der Waals surface area contributed by atoms with Crippen molar-refractivity contribution in [2.75, 3.05) is 31.2 Å². The predicted octanol–water partition coefficient (Wildman–Crippen LogP) is 3.08. The highest BCUT2D eigenvalue weighted by molar-refractivity contribution is 5.64. The molecule has 0 unspecified atom stereocenters. The third-order valence-corrected chi connectivity index (χ3v) is 4.38. The summed E-state index contributed by atoms with van der Waals surface area (Å²) >= 11 is 0. The molecule has 1 fully saturated rings. The zero-order chi connectivity index (χ0) is 16.9. The van der Waals surface area contributed by atoms with E-state index in [1.807, 2.05) is 24.1 Å². The molecule has 0 bridgehead atoms. The van der Waals surface area contributed by atoms with Crippen LogP contribution in [0.1, 0.15) is 18.9 Å². The fraction of sp³-hybridized carbons (Fsp3) is 0.421. The summed E-state index contributed by atoms with van der Waals surface area (Å²) < 4.78 is 20.0. The average Bonchev–Trinajstić information content (AvgIpc) is 2.75. The van der Waals surface area contributed by atoms with E-state index in [1.165, 1.54) is 5.57 Å². The van der Waals surface area contributed by atoms with E-state index in [0.717, 1.165) is 25.2 Å². The molecule has 128 valence electrons. The lowest BCUT2D eigenvalue weighted by molar-refractivity contribution is 0.105. The SMILES string of the molecule is CC1=CC=C(COCC2CN(c3cccc(CO)c3F)C2)CC=N1. The Morgan fingerprint density at radius 2 is 2.17 bits per heavy atom. The second kappa shape index (κ2) is 7.73. The summed E-state index contributed by atoms with van der Waals surface area (Å²) in [6, 6.07) is 5.15. The minimum absolute atomic E-state index is 0.271. The number of allylic oxidation sites excluding steroid dienone is 3. The number of benzene rings is 1. The van der Waals surface area contributed by atoms with E-state index in [-0.39, 0.29) is 12.4 Å². The minimum atomic E-state index is -0.315. The first-order valence-corrected chi connectivity index (χ1v) is 8.27. The molecule has 3 rings (SSSR count). The number of rotatable bonds is 6. The molecule has 0 aromatic heterocycles. The maximum atomic E-state index is 14.2. The van der Waals surface area contributed by atoms with Crippen molar-refractivity contribution in [3.63, 3.8) is 0 Å². The Morgan fingerprint density at radius 3 is 2.96 bits per heavy atom. The molecular formula is C19H23FN2O2. The number of ether oxygens (including phenoxy) is 1. The van der Waals surface area contributed by atoms with Crippen molar-refractivity contribution in [2.45, 2.75) is 20.0 Å². The normalized spacial score (nSPS) is 18.0. The largest absolute Gasteiger partial charge is 0.392 e. The van der Waals surface area contributed by atoms with Crippen LogP contribution >= 0.6 is 0 Å². The summed E-state index contributed by atoms with van der Waals surface area (Å²) in [5, 5.41) is 9.15. The molecule has 0 atom stereocenters. The fourth-order valence-electron chi connectivity index (χ4n) is 2.92. The molecule has 4 nitrogen and oxygen atoms in total. The van der Waals surface area contributed by atoms with Crippen molar-refractivity contribution in [3.05, 3.63) is 53.0 Å². The zero-order valence-electron chi connectivity index (χ0n) is 13.9. The first-order chi connectivity index (χ1) is 11.7. The summed E-state index contributed by atoms with van der Waals surface area (Å²) in [4.78, 5) is 6.27. The van der Waals surface area contributed by atoms with Gasteiger partial charge in [-0.25, -0.2) is 4.39 Å². The minimum Gasteiger partial charge on any atom is -0.392 e. The molecule has 1 aromatic rings. The standard InChI is InChI=1S/C19H23FN2O2/c1-14-5-6-15(7-8-21-14)12-24-13-16-9-22(10-16)18-4-2-3-17(11-23)19(18)20/h2-6,8,16,23H,7,9-13H2,1H3. The highest BCUT2D eigenvalue weighted by Crippen LogP contribution is 2.29. The van der Waals surface area contributed by atoms with Crippen molar-refractivity contribution in [1.82, 2.24) is 0 Å². The van der Waals surface area contributed by atoms with Gasteiger partial charge in [0.05, 0.1) is 25.5 Å². The van der Waals surface area contributed by atoms with Gasteiger partial charge < -0.3 is 14.7 Å². The van der Waals surface area contributed by atoms with Gasteiger partial charge in [-0.1, -0.05) is 18.2 Å². The Hall–Kier alpha value is -1.98. The van der Waals surface area contributed by atoms with Gasteiger partial charge in [-0.05, 0) is 24.6 Å². The molecule has 1 N–H and O–H groups in total. The van der Waals surface area contributed by atoms with Gasteiger partial charge in [-0.15, -0.1) is 0 Å². The van der Waals surface area contributed by atoms with Crippen molar-refractivity contribution in [3.8, 4) is 0 Å². The van der Waals surface area contributed by atoms with Crippen LogP contribution in [0.25, 0.3) is 0 Å². The van der Waals surface area contributed by atoms with Crippen molar-refractivity contribution >= 4 is 11.9 Å². The summed E-state index contributed by atoms with van der Waals surface area (Å²) in [5.74, 6) is 0.101. The topological polar surface area (TPSA) is 45.1 Å². The van der Waals surface area contributed by atoms with Crippen molar-refractivity contribution in [2.24, 2.45) is 10.9 Å². The maximum absolute atomic E-state index is 14.2. The van der Waals surface area contributed by atoms with Gasteiger partial charge in [-0.3, -0.25) is 4.99 Å². The molecule has 2 aliphatic heterocycles. The summed E-state index contributed by atoms with van der Waals surface area (Å²) in [6.45, 7) is 4.56. The number of hydrogen-bond acceptors (Lipinski definition) is 4.